The van der Waals surface area contributed by atoms with Crippen LogP contribution in [0.2, 0.25) is 0 Å². The molecule has 1 amide bonds. The number of fused-ring (bicyclic) bond motifs is 1. The highest BCUT2D eigenvalue weighted by molar-refractivity contribution is 5.95. The fourth-order valence-corrected chi connectivity index (χ4v) is 3.76. The van der Waals surface area contributed by atoms with Crippen molar-refractivity contribution >= 4 is 34.3 Å². The first-order chi connectivity index (χ1) is 16.1. The molecule has 0 atom stereocenters. The van der Waals surface area contributed by atoms with E-state index in [1.807, 2.05) is 0 Å². The predicted molar refractivity (Wildman–Crippen MR) is 119 cm³/mol. The second-order valence-corrected chi connectivity index (χ2v) is 7.66. The number of aromatic nitrogens is 6. The molecule has 12 heteroatoms. The summed E-state index contributed by atoms with van der Waals surface area (Å²) in [5.41, 5.74) is 2.47. The largest absolute Gasteiger partial charge is 0.394 e. The Hall–Kier alpha value is -3.90. The van der Waals surface area contributed by atoms with Crippen LogP contribution in [0.15, 0.2) is 43.0 Å². The minimum absolute atomic E-state index is 0.00658. The number of piperazine rings is 1. The van der Waals surface area contributed by atoms with Crippen molar-refractivity contribution in [1.29, 1.82) is 0 Å². The third-order valence-corrected chi connectivity index (χ3v) is 5.27. The van der Waals surface area contributed by atoms with E-state index in [0.29, 0.717) is 48.2 Å². The SMILES string of the molecule is O=C1CNCCN1c1cc(F)cc(Cn2ncc3cnc(Nc4cnn(CCO)c4)nc32)c1. The van der Waals surface area contributed by atoms with Gasteiger partial charge in [-0.15, -0.1) is 0 Å². The third kappa shape index (κ3) is 4.52. The maximum absolute atomic E-state index is 14.4. The smallest absolute Gasteiger partial charge is 0.240 e. The van der Waals surface area contributed by atoms with Crippen LogP contribution in [0.4, 0.5) is 21.7 Å². The molecule has 1 aromatic carbocycles. The molecule has 3 N–H and O–H groups in total. The van der Waals surface area contributed by atoms with Gasteiger partial charge in [-0.25, -0.2) is 14.1 Å². The quantitative estimate of drug-likeness (QED) is 0.378. The summed E-state index contributed by atoms with van der Waals surface area (Å²) in [5, 5.41) is 24.4. The molecule has 0 saturated carbocycles. The first-order valence-electron chi connectivity index (χ1n) is 10.5. The van der Waals surface area contributed by atoms with Gasteiger partial charge in [0.25, 0.3) is 0 Å². The van der Waals surface area contributed by atoms with E-state index >= 15 is 0 Å². The summed E-state index contributed by atoms with van der Waals surface area (Å²) in [4.78, 5) is 22.7. The highest BCUT2D eigenvalue weighted by Crippen LogP contribution is 2.22. The number of halogens is 1. The lowest BCUT2D eigenvalue weighted by Gasteiger charge is -2.27. The predicted octanol–water partition coefficient (Wildman–Crippen LogP) is 0.882. The molecule has 1 aliphatic heterocycles. The second kappa shape index (κ2) is 8.92. The molecule has 4 heterocycles. The van der Waals surface area contributed by atoms with Crippen LogP contribution in [0, 0.1) is 5.82 Å². The lowest BCUT2D eigenvalue weighted by Crippen LogP contribution is -2.48. The van der Waals surface area contributed by atoms with Gasteiger partial charge >= 0.3 is 0 Å². The molecule has 1 fully saturated rings. The Kier molecular flexibility index (Phi) is 5.67. The van der Waals surface area contributed by atoms with E-state index in [2.05, 4.69) is 30.8 Å². The molecule has 170 valence electrons. The molecule has 1 aliphatic rings. The normalized spacial score (nSPS) is 14.2. The van der Waals surface area contributed by atoms with Gasteiger partial charge in [-0.1, -0.05) is 0 Å². The van der Waals surface area contributed by atoms with Gasteiger partial charge in [-0.2, -0.15) is 15.2 Å². The molecule has 0 spiro atoms. The zero-order chi connectivity index (χ0) is 22.8. The molecule has 11 nitrogen and oxygen atoms in total. The van der Waals surface area contributed by atoms with E-state index in [4.69, 9.17) is 5.11 Å². The van der Waals surface area contributed by atoms with Crippen LogP contribution < -0.4 is 15.5 Å². The highest BCUT2D eigenvalue weighted by atomic mass is 19.1. The van der Waals surface area contributed by atoms with Crippen LogP contribution in [0.5, 0.6) is 0 Å². The van der Waals surface area contributed by atoms with Crippen LogP contribution in [0.3, 0.4) is 0 Å². The van der Waals surface area contributed by atoms with E-state index < -0.39 is 5.82 Å². The van der Waals surface area contributed by atoms with Crippen molar-refractivity contribution in [2.45, 2.75) is 13.1 Å². The average Bonchev–Trinajstić information content (AvgIpc) is 3.41. The van der Waals surface area contributed by atoms with Crippen molar-refractivity contribution in [1.82, 2.24) is 34.8 Å². The van der Waals surface area contributed by atoms with Crippen LogP contribution in [0.25, 0.3) is 11.0 Å². The van der Waals surface area contributed by atoms with E-state index in [-0.39, 0.29) is 25.6 Å². The summed E-state index contributed by atoms with van der Waals surface area (Å²) in [6.45, 7) is 2.05. The van der Waals surface area contributed by atoms with Crippen LogP contribution in [-0.2, 0) is 17.9 Å². The summed E-state index contributed by atoms with van der Waals surface area (Å²) in [5.74, 6) is -0.144. The molecule has 4 aromatic rings. The molecule has 0 bridgehead atoms. The molecule has 3 aromatic heterocycles. The molecular formula is C21H22FN9O2. The Balaban J connectivity index is 1.40. The Labute approximate surface area is 187 Å². The van der Waals surface area contributed by atoms with Crippen LogP contribution >= 0.6 is 0 Å². The maximum atomic E-state index is 14.4. The number of amides is 1. The summed E-state index contributed by atoms with van der Waals surface area (Å²) >= 11 is 0. The Bertz CT molecular complexity index is 1300. The lowest BCUT2D eigenvalue weighted by molar-refractivity contribution is -0.118. The maximum Gasteiger partial charge on any atom is 0.240 e. The minimum atomic E-state index is -0.415. The number of hydrogen-bond acceptors (Lipinski definition) is 8. The first kappa shape index (κ1) is 21.0. The van der Waals surface area contributed by atoms with E-state index in [1.54, 1.807) is 45.1 Å². The molecule has 1 saturated heterocycles. The fraction of sp³-hybridized carbons (Fsp3) is 0.286. The molecule has 0 aliphatic carbocycles. The number of aliphatic hydroxyl groups is 1. The second-order valence-electron chi connectivity index (χ2n) is 7.66. The number of carbonyl (C=O) groups is 1. The van der Waals surface area contributed by atoms with Gasteiger partial charge in [-0.05, 0) is 23.8 Å². The van der Waals surface area contributed by atoms with Crippen LogP contribution in [-0.4, -0.2) is 66.8 Å². The van der Waals surface area contributed by atoms with Gasteiger partial charge in [-0.3, -0.25) is 9.48 Å². The zero-order valence-electron chi connectivity index (χ0n) is 17.6. The van der Waals surface area contributed by atoms with E-state index in [1.165, 1.54) is 12.1 Å². The fourth-order valence-electron chi connectivity index (χ4n) is 3.76. The topological polar surface area (TPSA) is 126 Å². The van der Waals surface area contributed by atoms with Gasteiger partial charge in [0.1, 0.15) is 5.82 Å². The summed E-state index contributed by atoms with van der Waals surface area (Å²) in [7, 11) is 0. The Morgan fingerprint density at radius 1 is 1.18 bits per heavy atom. The number of carbonyl (C=O) groups excluding carboxylic acids is 1. The van der Waals surface area contributed by atoms with Gasteiger partial charge < -0.3 is 20.6 Å². The van der Waals surface area contributed by atoms with Crippen molar-refractivity contribution in [3.63, 3.8) is 0 Å². The number of rotatable bonds is 7. The molecule has 33 heavy (non-hydrogen) atoms. The number of hydrogen-bond donors (Lipinski definition) is 3. The minimum Gasteiger partial charge on any atom is -0.394 e. The number of nitrogens with zero attached hydrogens (tertiary/aromatic N) is 7. The van der Waals surface area contributed by atoms with Crippen molar-refractivity contribution in [2.75, 3.05) is 36.5 Å². The zero-order valence-corrected chi connectivity index (χ0v) is 17.6. The molecular weight excluding hydrogens is 429 g/mol. The first-order valence-corrected chi connectivity index (χ1v) is 10.5. The van der Waals surface area contributed by atoms with Crippen LogP contribution in [0.1, 0.15) is 5.56 Å². The third-order valence-electron chi connectivity index (χ3n) is 5.27. The number of aliphatic hydroxyl groups excluding tert-OH is 1. The standard InChI is InChI=1S/C21H22FN9O2/c22-16-5-14(6-18(7-16)30-2-1-23-11-19(30)33)12-31-20-15(9-26-31)8-24-21(28-20)27-17-10-25-29(13-17)3-4-32/h5-10,13,23,32H,1-4,11-12H2,(H,24,27,28). The Morgan fingerprint density at radius 2 is 2.09 bits per heavy atom. The van der Waals surface area contributed by atoms with E-state index in [0.717, 1.165) is 5.39 Å². The Morgan fingerprint density at radius 3 is 2.94 bits per heavy atom. The number of nitrogens with one attached hydrogen (secondary N) is 2. The number of anilines is 3. The number of benzene rings is 1. The molecule has 5 rings (SSSR count). The average molecular weight is 451 g/mol. The highest BCUT2D eigenvalue weighted by Gasteiger charge is 2.20. The molecule has 0 radical (unpaired) electrons. The van der Waals surface area contributed by atoms with Crippen molar-refractivity contribution < 1.29 is 14.3 Å². The van der Waals surface area contributed by atoms with Crippen molar-refractivity contribution in [3.05, 3.63) is 54.4 Å². The lowest BCUT2D eigenvalue weighted by atomic mass is 10.1. The van der Waals surface area contributed by atoms with Crippen molar-refractivity contribution in [2.24, 2.45) is 0 Å². The van der Waals surface area contributed by atoms with E-state index in [9.17, 15) is 9.18 Å². The van der Waals surface area contributed by atoms with Gasteiger partial charge in [0.15, 0.2) is 5.65 Å². The molecule has 0 unspecified atom stereocenters. The van der Waals surface area contributed by atoms with Crippen molar-refractivity contribution in [3.8, 4) is 0 Å². The summed E-state index contributed by atoms with van der Waals surface area (Å²) in [6, 6.07) is 4.60. The van der Waals surface area contributed by atoms with Gasteiger partial charge in [0, 0.05) is 31.2 Å². The van der Waals surface area contributed by atoms with Gasteiger partial charge in [0.05, 0.1) is 49.7 Å². The summed E-state index contributed by atoms with van der Waals surface area (Å²) in [6.07, 6.45) is 6.67. The van der Waals surface area contributed by atoms with Gasteiger partial charge in [0.2, 0.25) is 11.9 Å². The monoisotopic (exact) mass is 451 g/mol. The summed E-state index contributed by atoms with van der Waals surface area (Å²) < 4.78 is 17.6.